The molecule has 0 amide bonds. The van der Waals surface area contributed by atoms with Crippen molar-refractivity contribution in [3.8, 4) is 0 Å². The minimum atomic E-state index is 0.600. The van der Waals surface area contributed by atoms with Crippen molar-refractivity contribution in [3.63, 3.8) is 0 Å². The van der Waals surface area contributed by atoms with Crippen LogP contribution in [0.25, 0.3) is 0 Å². The van der Waals surface area contributed by atoms with Crippen LogP contribution in [0, 0.1) is 5.92 Å². The third-order valence-electron chi connectivity index (χ3n) is 2.43. The van der Waals surface area contributed by atoms with Gasteiger partial charge >= 0.3 is 0 Å². The highest BCUT2D eigenvalue weighted by Gasteiger charge is 2.15. The Hall–Kier alpha value is -0.600. The molecule has 3 heteroatoms. The molecule has 1 aliphatic rings. The molecular formula is C10H13ClN2. The summed E-state index contributed by atoms with van der Waals surface area (Å²) in [4.78, 5) is 4.27. The van der Waals surface area contributed by atoms with Crippen molar-refractivity contribution in [1.82, 2.24) is 10.3 Å². The highest BCUT2D eigenvalue weighted by Crippen LogP contribution is 2.14. The van der Waals surface area contributed by atoms with Gasteiger partial charge in [-0.1, -0.05) is 17.7 Å². The summed E-state index contributed by atoms with van der Waals surface area (Å²) < 4.78 is 0. The molecule has 0 radical (unpaired) electrons. The highest BCUT2D eigenvalue weighted by atomic mass is 35.5. The number of nitrogens with one attached hydrogen (secondary N) is 1. The molecule has 0 spiro atoms. The summed E-state index contributed by atoms with van der Waals surface area (Å²) in [6, 6.07) is 5.83. The summed E-state index contributed by atoms with van der Waals surface area (Å²) in [6.45, 7) is 2.26. The lowest BCUT2D eigenvalue weighted by molar-refractivity contribution is 0.572. The van der Waals surface area contributed by atoms with E-state index in [2.05, 4.69) is 10.3 Å². The van der Waals surface area contributed by atoms with E-state index in [1.165, 1.54) is 6.42 Å². The van der Waals surface area contributed by atoms with E-state index in [-0.39, 0.29) is 0 Å². The maximum absolute atomic E-state index is 5.80. The van der Waals surface area contributed by atoms with Gasteiger partial charge in [0.25, 0.3) is 0 Å². The zero-order valence-corrected chi connectivity index (χ0v) is 8.22. The average molecular weight is 197 g/mol. The molecule has 0 saturated carbocycles. The Balaban J connectivity index is 2.00. The summed E-state index contributed by atoms with van der Waals surface area (Å²) in [5.74, 6) is 0.742. The number of aromatic nitrogens is 1. The first-order chi connectivity index (χ1) is 6.34. The number of hydrogen-bond donors (Lipinski definition) is 1. The van der Waals surface area contributed by atoms with Crippen LogP contribution in [0.3, 0.4) is 0 Å². The van der Waals surface area contributed by atoms with Gasteiger partial charge in [0.2, 0.25) is 0 Å². The predicted molar refractivity (Wildman–Crippen MR) is 53.9 cm³/mol. The van der Waals surface area contributed by atoms with Gasteiger partial charge in [-0.2, -0.15) is 0 Å². The maximum atomic E-state index is 5.80. The molecule has 70 valence electrons. The zero-order valence-electron chi connectivity index (χ0n) is 7.46. The third kappa shape index (κ3) is 2.42. The largest absolute Gasteiger partial charge is 0.316 e. The fraction of sp³-hybridized carbons (Fsp3) is 0.500. The van der Waals surface area contributed by atoms with Crippen LogP contribution in [0.1, 0.15) is 12.1 Å². The molecule has 2 rings (SSSR count). The van der Waals surface area contributed by atoms with Crippen LogP contribution >= 0.6 is 11.6 Å². The van der Waals surface area contributed by atoms with Crippen molar-refractivity contribution < 1.29 is 0 Å². The Bertz CT molecular complexity index is 282. The van der Waals surface area contributed by atoms with Crippen LogP contribution in [0.2, 0.25) is 5.15 Å². The lowest BCUT2D eigenvalue weighted by Gasteiger charge is -2.06. The first kappa shape index (κ1) is 8.97. The molecule has 1 atom stereocenters. The molecule has 1 aliphatic heterocycles. The number of rotatable bonds is 2. The molecular weight excluding hydrogens is 184 g/mol. The summed E-state index contributed by atoms with van der Waals surface area (Å²) in [5.41, 5.74) is 1.11. The molecule has 0 aliphatic carbocycles. The summed E-state index contributed by atoms with van der Waals surface area (Å²) in [6.07, 6.45) is 2.31. The molecule has 1 fully saturated rings. The summed E-state index contributed by atoms with van der Waals surface area (Å²) in [5, 5.41) is 3.95. The van der Waals surface area contributed by atoms with Gasteiger partial charge in [0, 0.05) is 5.69 Å². The van der Waals surface area contributed by atoms with Crippen LogP contribution in [-0.2, 0) is 6.42 Å². The predicted octanol–water partition coefficient (Wildman–Crippen LogP) is 1.89. The van der Waals surface area contributed by atoms with Gasteiger partial charge in [0.15, 0.2) is 0 Å². The SMILES string of the molecule is Clc1cccc(CC2CCNC2)n1. The third-order valence-corrected chi connectivity index (χ3v) is 2.64. The van der Waals surface area contributed by atoms with Gasteiger partial charge in [-0.3, -0.25) is 0 Å². The summed E-state index contributed by atoms with van der Waals surface area (Å²) in [7, 11) is 0. The minimum absolute atomic E-state index is 0.600. The minimum Gasteiger partial charge on any atom is -0.316 e. The Morgan fingerprint density at radius 1 is 1.54 bits per heavy atom. The van der Waals surface area contributed by atoms with Crippen LogP contribution in [0.15, 0.2) is 18.2 Å². The molecule has 2 nitrogen and oxygen atoms in total. The van der Waals surface area contributed by atoms with Crippen molar-refractivity contribution >= 4 is 11.6 Å². The van der Waals surface area contributed by atoms with Gasteiger partial charge in [0.05, 0.1) is 0 Å². The molecule has 2 heterocycles. The molecule has 13 heavy (non-hydrogen) atoms. The smallest absolute Gasteiger partial charge is 0.129 e. The van der Waals surface area contributed by atoms with Crippen molar-refractivity contribution in [2.24, 2.45) is 5.92 Å². The second-order valence-corrected chi connectivity index (χ2v) is 3.90. The fourth-order valence-corrected chi connectivity index (χ4v) is 1.93. The van der Waals surface area contributed by atoms with E-state index >= 15 is 0 Å². The number of halogens is 1. The van der Waals surface area contributed by atoms with Gasteiger partial charge in [-0.15, -0.1) is 0 Å². The Kier molecular flexibility index (Phi) is 2.81. The van der Waals surface area contributed by atoms with E-state index < -0.39 is 0 Å². The van der Waals surface area contributed by atoms with E-state index in [0.717, 1.165) is 31.1 Å². The normalized spacial score (nSPS) is 22.1. The summed E-state index contributed by atoms with van der Waals surface area (Å²) >= 11 is 5.80. The van der Waals surface area contributed by atoms with Crippen LogP contribution in [-0.4, -0.2) is 18.1 Å². The van der Waals surface area contributed by atoms with Crippen molar-refractivity contribution in [3.05, 3.63) is 29.0 Å². The monoisotopic (exact) mass is 196 g/mol. The van der Waals surface area contributed by atoms with Gasteiger partial charge < -0.3 is 5.32 Å². The molecule has 1 aromatic heterocycles. The van der Waals surface area contributed by atoms with Gasteiger partial charge in [-0.25, -0.2) is 4.98 Å². The maximum Gasteiger partial charge on any atom is 0.129 e. The molecule has 1 unspecified atom stereocenters. The second-order valence-electron chi connectivity index (χ2n) is 3.51. The van der Waals surface area contributed by atoms with E-state index in [9.17, 15) is 0 Å². The van der Waals surface area contributed by atoms with Crippen LogP contribution in [0.5, 0.6) is 0 Å². The molecule has 1 N–H and O–H groups in total. The van der Waals surface area contributed by atoms with Crippen molar-refractivity contribution in [2.75, 3.05) is 13.1 Å². The first-order valence-corrected chi connectivity index (χ1v) is 5.04. The van der Waals surface area contributed by atoms with Crippen LogP contribution in [0.4, 0.5) is 0 Å². The van der Waals surface area contributed by atoms with Crippen molar-refractivity contribution in [1.29, 1.82) is 0 Å². The van der Waals surface area contributed by atoms with Gasteiger partial charge in [0.1, 0.15) is 5.15 Å². The second kappa shape index (κ2) is 4.07. The Morgan fingerprint density at radius 2 is 2.46 bits per heavy atom. The van der Waals surface area contributed by atoms with E-state index in [1.54, 1.807) is 0 Å². The van der Waals surface area contributed by atoms with Gasteiger partial charge in [-0.05, 0) is 44.0 Å². The zero-order chi connectivity index (χ0) is 9.10. The topological polar surface area (TPSA) is 24.9 Å². The van der Waals surface area contributed by atoms with E-state index in [4.69, 9.17) is 11.6 Å². The van der Waals surface area contributed by atoms with Crippen molar-refractivity contribution in [2.45, 2.75) is 12.8 Å². The average Bonchev–Trinajstić information content (AvgIpc) is 2.57. The first-order valence-electron chi connectivity index (χ1n) is 4.67. The number of hydrogen-bond acceptors (Lipinski definition) is 2. The standard InChI is InChI=1S/C10H13ClN2/c11-10-3-1-2-9(13-10)6-8-4-5-12-7-8/h1-3,8,12H,4-7H2. The molecule has 1 aromatic rings. The molecule has 0 bridgehead atoms. The molecule has 1 saturated heterocycles. The Morgan fingerprint density at radius 3 is 3.15 bits per heavy atom. The molecule has 0 aromatic carbocycles. The number of nitrogens with zero attached hydrogens (tertiary/aromatic N) is 1. The van der Waals surface area contributed by atoms with E-state index in [0.29, 0.717) is 5.15 Å². The van der Waals surface area contributed by atoms with Crippen LogP contribution < -0.4 is 5.32 Å². The lowest BCUT2D eigenvalue weighted by atomic mass is 10.0. The van der Waals surface area contributed by atoms with E-state index in [1.807, 2.05) is 18.2 Å². The lowest BCUT2D eigenvalue weighted by Crippen LogP contribution is -2.11. The fourth-order valence-electron chi connectivity index (χ4n) is 1.75. The number of pyridine rings is 1. The quantitative estimate of drug-likeness (QED) is 0.731. The highest BCUT2D eigenvalue weighted by molar-refractivity contribution is 6.29. The Labute approximate surface area is 83.3 Å².